The fourth-order valence-corrected chi connectivity index (χ4v) is 4.97. The highest BCUT2D eigenvalue weighted by atomic mass is 79.9. The number of rotatable bonds is 7. The molecule has 0 unspecified atom stereocenters. The number of amides is 1. The lowest BCUT2D eigenvalue weighted by Crippen LogP contribution is -2.28. The summed E-state index contributed by atoms with van der Waals surface area (Å²) in [6.45, 7) is 1.12. The van der Waals surface area contributed by atoms with Crippen LogP contribution in [-0.2, 0) is 13.0 Å². The third-order valence-corrected chi connectivity index (χ3v) is 6.50. The first-order chi connectivity index (χ1) is 14.2. The summed E-state index contributed by atoms with van der Waals surface area (Å²) in [5.74, 6) is 0.718. The molecule has 148 valence electrons. The number of methoxy groups -OCH3 is 1. The van der Waals surface area contributed by atoms with Crippen LogP contribution in [0, 0.1) is 0 Å². The minimum Gasteiger partial charge on any atom is -0.497 e. The summed E-state index contributed by atoms with van der Waals surface area (Å²) in [5.41, 5.74) is 3.72. The summed E-state index contributed by atoms with van der Waals surface area (Å²) < 4.78 is 9.47. The molecule has 0 fully saturated rings. The van der Waals surface area contributed by atoms with Crippen LogP contribution in [0.2, 0.25) is 0 Å². The second kappa shape index (κ2) is 8.80. The lowest BCUT2D eigenvalue weighted by molar-refractivity contribution is 0.0945. The standard InChI is InChI=1S/C22H20BrN3O2S/c1-28-17-7-4-5-15(11-17)13-26-19(12-20-21(26)18(23)14-29-20)22(27)25-10-8-16-6-2-3-9-24-16/h2-7,9,11-12,14H,8,10,13H2,1H3,(H,25,27). The second-order valence-corrected chi connectivity index (χ2v) is 8.36. The van der Waals surface area contributed by atoms with Crippen molar-refractivity contribution in [3.63, 3.8) is 0 Å². The number of hydrogen-bond donors (Lipinski definition) is 1. The van der Waals surface area contributed by atoms with Gasteiger partial charge in [0, 0.05) is 36.8 Å². The fraction of sp³-hybridized carbons (Fsp3) is 0.182. The molecule has 3 aromatic heterocycles. The van der Waals surface area contributed by atoms with Crippen LogP contribution in [0.4, 0.5) is 0 Å². The molecule has 0 atom stereocenters. The number of nitrogens with zero attached hydrogens (tertiary/aromatic N) is 2. The summed E-state index contributed by atoms with van der Waals surface area (Å²) in [6, 6.07) is 15.7. The average molecular weight is 470 g/mol. The molecular weight excluding hydrogens is 450 g/mol. The number of pyridine rings is 1. The Hall–Kier alpha value is -2.64. The minimum absolute atomic E-state index is 0.0841. The van der Waals surface area contributed by atoms with E-state index in [2.05, 4.69) is 36.2 Å². The first-order valence-electron chi connectivity index (χ1n) is 9.23. The first kappa shape index (κ1) is 19.7. The van der Waals surface area contributed by atoms with Crippen molar-refractivity contribution in [2.24, 2.45) is 0 Å². The summed E-state index contributed by atoms with van der Waals surface area (Å²) in [4.78, 5) is 17.3. The molecule has 0 saturated heterocycles. The normalized spacial score (nSPS) is 11.0. The molecule has 0 saturated carbocycles. The molecule has 5 nitrogen and oxygen atoms in total. The predicted molar refractivity (Wildman–Crippen MR) is 120 cm³/mol. The van der Waals surface area contributed by atoms with E-state index in [1.54, 1.807) is 24.6 Å². The maximum atomic E-state index is 13.0. The van der Waals surface area contributed by atoms with Crippen LogP contribution in [0.15, 0.2) is 64.6 Å². The smallest absolute Gasteiger partial charge is 0.267 e. The number of thiophene rings is 1. The maximum Gasteiger partial charge on any atom is 0.267 e. The van der Waals surface area contributed by atoms with Crippen LogP contribution in [0.1, 0.15) is 21.7 Å². The highest BCUT2D eigenvalue weighted by Crippen LogP contribution is 2.34. The van der Waals surface area contributed by atoms with Crippen molar-refractivity contribution in [1.29, 1.82) is 0 Å². The van der Waals surface area contributed by atoms with Crippen molar-refractivity contribution < 1.29 is 9.53 Å². The summed E-state index contributed by atoms with van der Waals surface area (Å²) in [5, 5.41) is 5.08. The largest absolute Gasteiger partial charge is 0.497 e. The van der Waals surface area contributed by atoms with E-state index in [0.717, 1.165) is 31.7 Å². The number of benzene rings is 1. The molecule has 0 aliphatic rings. The summed E-state index contributed by atoms with van der Waals surface area (Å²) in [7, 11) is 1.66. The molecule has 0 bridgehead atoms. The van der Waals surface area contributed by atoms with E-state index in [1.165, 1.54) is 0 Å². The van der Waals surface area contributed by atoms with Gasteiger partial charge in [0.05, 0.1) is 21.8 Å². The van der Waals surface area contributed by atoms with E-state index >= 15 is 0 Å². The Balaban J connectivity index is 1.58. The number of fused-ring (bicyclic) bond motifs is 1. The molecule has 0 aliphatic carbocycles. The maximum absolute atomic E-state index is 13.0. The predicted octanol–water partition coefficient (Wildman–Crippen LogP) is 4.89. The van der Waals surface area contributed by atoms with Crippen LogP contribution in [0.5, 0.6) is 5.75 Å². The number of aromatic nitrogens is 2. The van der Waals surface area contributed by atoms with Crippen LogP contribution in [-0.4, -0.2) is 29.1 Å². The van der Waals surface area contributed by atoms with E-state index in [0.29, 0.717) is 25.2 Å². The van der Waals surface area contributed by atoms with E-state index in [9.17, 15) is 4.79 Å². The van der Waals surface area contributed by atoms with Gasteiger partial charge < -0.3 is 14.6 Å². The molecular formula is C22H20BrN3O2S. The van der Waals surface area contributed by atoms with Crippen molar-refractivity contribution >= 4 is 43.4 Å². The Morgan fingerprint density at radius 1 is 1.24 bits per heavy atom. The lowest BCUT2D eigenvalue weighted by Gasteiger charge is -2.12. The third-order valence-electron chi connectivity index (χ3n) is 4.68. The van der Waals surface area contributed by atoms with Crippen molar-refractivity contribution in [3.8, 4) is 5.75 Å². The molecule has 1 N–H and O–H groups in total. The zero-order valence-electron chi connectivity index (χ0n) is 15.9. The zero-order valence-corrected chi connectivity index (χ0v) is 18.3. The van der Waals surface area contributed by atoms with Gasteiger partial charge in [-0.05, 0) is 51.8 Å². The molecule has 3 heterocycles. The molecule has 1 amide bonds. The first-order valence-corrected chi connectivity index (χ1v) is 10.9. The van der Waals surface area contributed by atoms with E-state index in [-0.39, 0.29) is 5.91 Å². The highest BCUT2D eigenvalue weighted by molar-refractivity contribution is 9.10. The average Bonchev–Trinajstić information content (AvgIpc) is 3.29. The quantitative estimate of drug-likeness (QED) is 0.419. The Labute approximate surface area is 181 Å². The molecule has 4 rings (SSSR count). The summed E-state index contributed by atoms with van der Waals surface area (Å²) >= 11 is 5.25. The second-order valence-electron chi connectivity index (χ2n) is 6.59. The molecule has 0 aliphatic heterocycles. The van der Waals surface area contributed by atoms with Crippen molar-refractivity contribution in [1.82, 2.24) is 14.9 Å². The number of hydrogen-bond acceptors (Lipinski definition) is 4. The SMILES string of the molecule is COc1cccc(Cn2c(C(=O)NCCc3ccccn3)cc3scc(Br)c32)c1. The van der Waals surface area contributed by atoms with Gasteiger partial charge in [-0.1, -0.05) is 18.2 Å². The van der Waals surface area contributed by atoms with Gasteiger partial charge in [-0.2, -0.15) is 0 Å². The highest BCUT2D eigenvalue weighted by Gasteiger charge is 2.19. The van der Waals surface area contributed by atoms with Crippen LogP contribution in [0.25, 0.3) is 10.2 Å². The number of carbonyl (C=O) groups excluding carboxylic acids is 1. The molecule has 29 heavy (non-hydrogen) atoms. The van der Waals surface area contributed by atoms with Crippen LogP contribution >= 0.6 is 27.3 Å². The number of carbonyl (C=O) groups is 1. The van der Waals surface area contributed by atoms with Gasteiger partial charge in [0.2, 0.25) is 0 Å². The minimum atomic E-state index is -0.0841. The van der Waals surface area contributed by atoms with E-state index in [1.807, 2.05) is 48.5 Å². The van der Waals surface area contributed by atoms with E-state index in [4.69, 9.17) is 4.74 Å². The Morgan fingerprint density at radius 2 is 2.14 bits per heavy atom. The molecule has 4 aromatic rings. The zero-order chi connectivity index (χ0) is 20.2. The molecule has 0 radical (unpaired) electrons. The topological polar surface area (TPSA) is 56.1 Å². The number of ether oxygens (including phenoxy) is 1. The van der Waals surface area contributed by atoms with Gasteiger partial charge in [-0.3, -0.25) is 9.78 Å². The van der Waals surface area contributed by atoms with Gasteiger partial charge in [-0.25, -0.2) is 0 Å². The molecule has 0 spiro atoms. The van der Waals surface area contributed by atoms with E-state index < -0.39 is 0 Å². The third kappa shape index (κ3) is 4.36. The van der Waals surface area contributed by atoms with Crippen LogP contribution < -0.4 is 10.1 Å². The Morgan fingerprint density at radius 3 is 2.93 bits per heavy atom. The van der Waals surface area contributed by atoms with Gasteiger partial charge in [0.1, 0.15) is 11.4 Å². The Kier molecular flexibility index (Phi) is 5.97. The molecule has 7 heteroatoms. The van der Waals surface area contributed by atoms with Crippen molar-refractivity contribution in [2.45, 2.75) is 13.0 Å². The van der Waals surface area contributed by atoms with Gasteiger partial charge in [0.25, 0.3) is 5.91 Å². The van der Waals surface area contributed by atoms with Crippen molar-refractivity contribution in [3.05, 3.63) is 81.5 Å². The number of halogens is 1. The van der Waals surface area contributed by atoms with Gasteiger partial charge >= 0.3 is 0 Å². The summed E-state index contributed by atoms with van der Waals surface area (Å²) in [6.07, 6.45) is 2.46. The van der Waals surface area contributed by atoms with Gasteiger partial charge in [-0.15, -0.1) is 11.3 Å². The van der Waals surface area contributed by atoms with Crippen molar-refractivity contribution in [2.75, 3.05) is 13.7 Å². The van der Waals surface area contributed by atoms with Gasteiger partial charge in [0.15, 0.2) is 0 Å². The number of nitrogens with one attached hydrogen (secondary N) is 1. The molecule has 1 aromatic carbocycles. The Bertz CT molecular complexity index is 1140. The van der Waals surface area contributed by atoms with Crippen LogP contribution in [0.3, 0.4) is 0 Å². The lowest BCUT2D eigenvalue weighted by atomic mass is 10.2. The monoisotopic (exact) mass is 469 g/mol. The fourth-order valence-electron chi connectivity index (χ4n) is 3.28.